The van der Waals surface area contributed by atoms with E-state index in [1.807, 2.05) is 25.1 Å². The molecule has 2 heterocycles. The molecule has 0 N–H and O–H groups in total. The summed E-state index contributed by atoms with van der Waals surface area (Å²) in [5, 5.41) is 2.71. The fourth-order valence-electron chi connectivity index (χ4n) is 2.37. The van der Waals surface area contributed by atoms with Crippen LogP contribution in [0.3, 0.4) is 0 Å². The molecule has 3 aromatic rings. The second-order valence-corrected chi connectivity index (χ2v) is 7.62. The number of ether oxygens (including phenoxy) is 3. The summed E-state index contributed by atoms with van der Waals surface area (Å²) >= 11 is 19.2. The van der Waals surface area contributed by atoms with E-state index in [0.717, 1.165) is 10.6 Å². The van der Waals surface area contributed by atoms with E-state index in [-0.39, 0.29) is 27.4 Å². The van der Waals surface area contributed by atoms with Crippen molar-refractivity contribution in [2.45, 2.75) is 13.5 Å². The number of thiazole rings is 1. The van der Waals surface area contributed by atoms with Crippen LogP contribution in [0.15, 0.2) is 29.8 Å². The third-order valence-corrected chi connectivity index (χ3v) is 5.90. The summed E-state index contributed by atoms with van der Waals surface area (Å²) in [6, 6.07) is 5.57. The molecular weight excluding hydrogens is 459 g/mol. The lowest BCUT2D eigenvalue weighted by Crippen LogP contribution is -2.08. The fourth-order valence-corrected chi connectivity index (χ4v) is 3.73. The molecule has 0 saturated carbocycles. The number of aromatic nitrogens is 2. The van der Waals surface area contributed by atoms with Crippen molar-refractivity contribution in [2.75, 3.05) is 13.7 Å². The molecule has 10 heteroatoms. The highest BCUT2D eigenvalue weighted by Gasteiger charge is 2.19. The van der Waals surface area contributed by atoms with Crippen molar-refractivity contribution < 1.29 is 19.0 Å². The summed E-state index contributed by atoms with van der Waals surface area (Å²) in [6.45, 7) is 2.41. The molecule has 0 fully saturated rings. The van der Waals surface area contributed by atoms with Crippen LogP contribution in [0, 0.1) is 0 Å². The molecule has 0 amide bonds. The molecule has 0 bridgehead atoms. The van der Waals surface area contributed by atoms with Gasteiger partial charge in [0.2, 0.25) is 0 Å². The van der Waals surface area contributed by atoms with Gasteiger partial charge in [0.05, 0.1) is 34.5 Å². The van der Waals surface area contributed by atoms with Crippen molar-refractivity contribution in [2.24, 2.45) is 0 Å². The largest absolute Gasteiger partial charge is 0.493 e. The number of carbonyl (C=O) groups is 1. The molecule has 0 spiro atoms. The van der Waals surface area contributed by atoms with Crippen LogP contribution < -0.4 is 9.47 Å². The van der Waals surface area contributed by atoms with E-state index in [1.165, 1.54) is 17.5 Å². The van der Waals surface area contributed by atoms with Crippen molar-refractivity contribution in [1.82, 2.24) is 9.97 Å². The number of halogens is 3. The molecule has 0 aliphatic heterocycles. The minimum Gasteiger partial charge on any atom is -0.493 e. The van der Waals surface area contributed by atoms with Crippen molar-refractivity contribution in [1.29, 1.82) is 0 Å². The molecule has 3 rings (SSSR count). The molecule has 0 saturated heterocycles. The van der Waals surface area contributed by atoms with Crippen LogP contribution in [0.2, 0.25) is 15.1 Å². The quantitative estimate of drug-likeness (QED) is 0.396. The van der Waals surface area contributed by atoms with Crippen LogP contribution in [0.1, 0.15) is 23.1 Å². The number of hydrogen-bond donors (Lipinski definition) is 0. The molecule has 0 aliphatic carbocycles. The van der Waals surface area contributed by atoms with Gasteiger partial charge >= 0.3 is 5.97 Å². The van der Waals surface area contributed by atoms with Gasteiger partial charge in [-0.3, -0.25) is 0 Å². The maximum Gasteiger partial charge on any atom is 0.358 e. The second kappa shape index (κ2) is 9.63. The highest BCUT2D eigenvalue weighted by molar-refractivity contribution is 7.13. The Balaban J connectivity index is 1.71. The van der Waals surface area contributed by atoms with Crippen LogP contribution in [0.5, 0.6) is 11.5 Å². The van der Waals surface area contributed by atoms with E-state index in [0.29, 0.717) is 23.8 Å². The van der Waals surface area contributed by atoms with Crippen molar-refractivity contribution >= 4 is 52.1 Å². The van der Waals surface area contributed by atoms with Crippen LogP contribution in [-0.2, 0) is 11.3 Å². The number of benzene rings is 1. The molecule has 29 heavy (non-hydrogen) atoms. The third kappa shape index (κ3) is 4.93. The van der Waals surface area contributed by atoms with Gasteiger partial charge in [0.15, 0.2) is 17.2 Å². The van der Waals surface area contributed by atoms with Gasteiger partial charge in [0.1, 0.15) is 11.6 Å². The van der Waals surface area contributed by atoms with Gasteiger partial charge < -0.3 is 14.2 Å². The van der Waals surface area contributed by atoms with E-state index in [2.05, 4.69) is 9.97 Å². The number of nitrogens with zero attached hydrogens (tertiary/aromatic N) is 2. The van der Waals surface area contributed by atoms with E-state index in [1.54, 1.807) is 12.5 Å². The van der Waals surface area contributed by atoms with Gasteiger partial charge in [0, 0.05) is 17.1 Å². The first-order chi connectivity index (χ1) is 13.9. The summed E-state index contributed by atoms with van der Waals surface area (Å²) < 4.78 is 16.1. The smallest absolute Gasteiger partial charge is 0.358 e. The summed E-state index contributed by atoms with van der Waals surface area (Å²) in [7, 11) is 1.58. The summed E-state index contributed by atoms with van der Waals surface area (Å²) in [4.78, 5) is 20.6. The van der Waals surface area contributed by atoms with Gasteiger partial charge in [-0.1, -0.05) is 34.8 Å². The number of methoxy groups -OCH3 is 1. The zero-order chi connectivity index (χ0) is 21.0. The van der Waals surface area contributed by atoms with Gasteiger partial charge in [-0.2, -0.15) is 0 Å². The minimum absolute atomic E-state index is 0.0399. The lowest BCUT2D eigenvalue weighted by atomic mass is 10.2. The molecule has 0 unspecified atom stereocenters. The molecule has 0 aliphatic rings. The van der Waals surface area contributed by atoms with E-state index in [4.69, 9.17) is 49.0 Å². The Bertz CT molecular complexity index is 1040. The monoisotopic (exact) mass is 472 g/mol. The highest BCUT2D eigenvalue weighted by atomic mass is 35.5. The first kappa shape index (κ1) is 21.6. The Morgan fingerprint density at radius 1 is 1.17 bits per heavy atom. The Kier molecular flexibility index (Phi) is 7.18. The van der Waals surface area contributed by atoms with Gasteiger partial charge in [0.25, 0.3) is 0 Å². The Morgan fingerprint density at radius 2 is 1.97 bits per heavy atom. The number of pyridine rings is 1. The lowest BCUT2D eigenvalue weighted by molar-refractivity contribution is 0.0462. The Morgan fingerprint density at radius 3 is 2.69 bits per heavy atom. The molecule has 0 radical (unpaired) electrons. The molecular formula is C19H15Cl3N2O4S. The predicted octanol–water partition coefficient (Wildman–Crippen LogP) is 5.93. The van der Waals surface area contributed by atoms with Gasteiger partial charge in [-0.05, 0) is 25.1 Å². The molecule has 152 valence electrons. The Hall–Kier alpha value is -2.06. The number of hydrogen-bond acceptors (Lipinski definition) is 7. The average molecular weight is 474 g/mol. The first-order valence-corrected chi connectivity index (χ1v) is 10.4. The zero-order valence-corrected chi connectivity index (χ0v) is 18.5. The summed E-state index contributed by atoms with van der Waals surface area (Å²) in [5.74, 6) is 0.564. The summed E-state index contributed by atoms with van der Waals surface area (Å²) in [6.07, 6.45) is 1.24. The maximum absolute atomic E-state index is 12.2. The standard InChI is InChI=1S/C19H15Cl3N2O4S/c1-3-27-13-5-4-10(6-14(13)26-2)18-24-11(9-29-18)8-28-19(25)17-16(22)15(21)12(20)7-23-17/h4-7,9H,3,8H2,1-2H3. The zero-order valence-electron chi connectivity index (χ0n) is 15.4. The van der Waals surface area contributed by atoms with Crippen LogP contribution in [0.4, 0.5) is 0 Å². The van der Waals surface area contributed by atoms with Crippen molar-refractivity contribution in [3.63, 3.8) is 0 Å². The fraction of sp³-hybridized carbons (Fsp3) is 0.211. The molecule has 2 aromatic heterocycles. The van der Waals surface area contributed by atoms with Crippen LogP contribution in [0.25, 0.3) is 10.6 Å². The first-order valence-electron chi connectivity index (χ1n) is 8.36. The second-order valence-electron chi connectivity index (χ2n) is 5.60. The number of esters is 1. The minimum atomic E-state index is -0.717. The average Bonchev–Trinajstić information content (AvgIpc) is 3.20. The molecule has 6 nitrogen and oxygen atoms in total. The lowest BCUT2D eigenvalue weighted by Gasteiger charge is -2.10. The molecule has 0 atom stereocenters. The van der Waals surface area contributed by atoms with E-state index >= 15 is 0 Å². The maximum atomic E-state index is 12.2. The topological polar surface area (TPSA) is 70.5 Å². The van der Waals surface area contributed by atoms with Crippen molar-refractivity contribution in [3.05, 3.63) is 56.2 Å². The number of carbonyl (C=O) groups excluding carboxylic acids is 1. The van der Waals surface area contributed by atoms with E-state index < -0.39 is 5.97 Å². The number of rotatable bonds is 7. The van der Waals surface area contributed by atoms with Crippen molar-refractivity contribution in [3.8, 4) is 22.1 Å². The van der Waals surface area contributed by atoms with Crippen LogP contribution >= 0.6 is 46.1 Å². The molecule has 1 aromatic carbocycles. The van der Waals surface area contributed by atoms with Gasteiger partial charge in [-0.15, -0.1) is 11.3 Å². The third-order valence-electron chi connectivity index (χ3n) is 3.72. The van der Waals surface area contributed by atoms with E-state index in [9.17, 15) is 4.79 Å². The predicted molar refractivity (Wildman–Crippen MR) is 114 cm³/mol. The Labute approximate surface area is 186 Å². The van der Waals surface area contributed by atoms with Gasteiger partial charge in [-0.25, -0.2) is 14.8 Å². The highest BCUT2D eigenvalue weighted by Crippen LogP contribution is 2.34. The van der Waals surface area contributed by atoms with Crippen LogP contribution in [-0.4, -0.2) is 29.7 Å². The normalized spacial score (nSPS) is 10.7. The SMILES string of the molecule is CCOc1ccc(-c2nc(COC(=O)c3ncc(Cl)c(Cl)c3Cl)cs2)cc1OC. The summed E-state index contributed by atoms with van der Waals surface area (Å²) in [5.41, 5.74) is 1.34.